The number of carbonyl (C=O) groups is 1. The van der Waals surface area contributed by atoms with Gasteiger partial charge >= 0.3 is 6.09 Å². The Morgan fingerprint density at radius 1 is 1.60 bits per heavy atom. The van der Waals surface area contributed by atoms with Crippen molar-refractivity contribution < 1.29 is 9.53 Å². The maximum absolute atomic E-state index is 11.2. The number of halogens is 1. The number of anilines is 1. The summed E-state index contributed by atoms with van der Waals surface area (Å²) in [7, 11) is 1.38. The number of methoxy groups -OCH3 is 1. The van der Waals surface area contributed by atoms with E-state index in [-0.39, 0.29) is 18.2 Å². The molecule has 1 heterocycles. The number of nitrogens with two attached hydrogens (primary N) is 1. The molecular weight excluding hydrogens is 322 g/mol. The van der Waals surface area contributed by atoms with Crippen molar-refractivity contribution in [3.8, 4) is 0 Å². The van der Waals surface area contributed by atoms with E-state index in [0.29, 0.717) is 0 Å². The molecule has 110 valence electrons. The van der Waals surface area contributed by atoms with E-state index in [1.54, 1.807) is 0 Å². The third kappa shape index (κ3) is 3.43. The fourth-order valence-corrected chi connectivity index (χ4v) is 3.15. The van der Waals surface area contributed by atoms with E-state index in [2.05, 4.69) is 43.0 Å². The number of benzene rings is 1. The molecule has 5 nitrogen and oxygen atoms in total. The van der Waals surface area contributed by atoms with E-state index < -0.39 is 0 Å². The average Bonchev–Trinajstić information content (AvgIpc) is 2.86. The molecule has 1 fully saturated rings. The molecule has 2 rings (SSSR count). The van der Waals surface area contributed by atoms with Gasteiger partial charge in [-0.3, -0.25) is 0 Å². The van der Waals surface area contributed by atoms with Crippen molar-refractivity contribution >= 4 is 27.7 Å². The predicted octanol–water partition coefficient (Wildman–Crippen LogP) is 2.40. The van der Waals surface area contributed by atoms with Crippen LogP contribution in [-0.4, -0.2) is 32.3 Å². The van der Waals surface area contributed by atoms with Crippen LogP contribution in [0.25, 0.3) is 0 Å². The molecule has 0 radical (unpaired) electrons. The summed E-state index contributed by atoms with van der Waals surface area (Å²) in [4.78, 5) is 13.5. The molecule has 20 heavy (non-hydrogen) atoms. The zero-order chi connectivity index (χ0) is 14.7. The van der Waals surface area contributed by atoms with Gasteiger partial charge in [-0.15, -0.1) is 0 Å². The molecule has 0 aliphatic carbocycles. The van der Waals surface area contributed by atoms with Crippen LogP contribution in [0.4, 0.5) is 10.5 Å². The summed E-state index contributed by atoms with van der Waals surface area (Å²) in [5, 5.41) is 2.84. The number of amides is 1. The topological polar surface area (TPSA) is 67.6 Å². The van der Waals surface area contributed by atoms with Gasteiger partial charge in [-0.25, -0.2) is 4.79 Å². The van der Waals surface area contributed by atoms with Crippen LogP contribution in [0.5, 0.6) is 0 Å². The lowest BCUT2D eigenvalue weighted by Gasteiger charge is -2.20. The lowest BCUT2D eigenvalue weighted by molar-refractivity contribution is 0.167. The first-order chi connectivity index (χ1) is 9.51. The normalized spacial score (nSPS) is 19.8. The molecule has 1 aliphatic rings. The highest BCUT2D eigenvalue weighted by molar-refractivity contribution is 9.10. The van der Waals surface area contributed by atoms with E-state index in [0.717, 1.165) is 35.2 Å². The molecule has 3 N–H and O–H groups in total. The first kappa shape index (κ1) is 15.1. The van der Waals surface area contributed by atoms with Crippen molar-refractivity contribution in [2.45, 2.75) is 25.4 Å². The lowest BCUT2D eigenvalue weighted by atomic mass is 10.1. The molecule has 1 unspecified atom stereocenters. The molecule has 1 aromatic carbocycles. The monoisotopic (exact) mass is 341 g/mol. The quantitative estimate of drug-likeness (QED) is 0.885. The number of nitrogens with zero attached hydrogens (tertiary/aromatic N) is 1. The van der Waals surface area contributed by atoms with Gasteiger partial charge in [0.1, 0.15) is 0 Å². The van der Waals surface area contributed by atoms with Crippen molar-refractivity contribution in [3.05, 3.63) is 28.2 Å². The van der Waals surface area contributed by atoms with Gasteiger partial charge in [-0.05, 0) is 31.0 Å². The molecule has 0 bridgehead atoms. The minimum atomic E-state index is -0.370. The number of nitrogens with one attached hydrogen (secondary N) is 1. The average molecular weight is 342 g/mol. The molecule has 1 amide bonds. The van der Waals surface area contributed by atoms with Gasteiger partial charge < -0.3 is 20.7 Å². The zero-order valence-electron chi connectivity index (χ0n) is 11.7. The molecule has 1 aromatic rings. The summed E-state index contributed by atoms with van der Waals surface area (Å²) >= 11 is 3.57. The van der Waals surface area contributed by atoms with E-state index >= 15 is 0 Å². The van der Waals surface area contributed by atoms with Crippen molar-refractivity contribution in [2.24, 2.45) is 5.73 Å². The maximum Gasteiger partial charge on any atom is 0.407 e. The Morgan fingerprint density at radius 3 is 2.95 bits per heavy atom. The number of ether oxygens (including phenoxy) is 1. The van der Waals surface area contributed by atoms with Gasteiger partial charge in [0.2, 0.25) is 0 Å². The van der Waals surface area contributed by atoms with Gasteiger partial charge in [-0.1, -0.05) is 22.0 Å². The molecule has 6 heteroatoms. The van der Waals surface area contributed by atoms with Gasteiger partial charge in [-0.2, -0.15) is 0 Å². The number of carbonyl (C=O) groups excluding carboxylic acids is 1. The Kier molecular flexibility index (Phi) is 4.88. The Hall–Kier alpha value is -1.27. The van der Waals surface area contributed by atoms with Gasteiger partial charge in [0.25, 0.3) is 0 Å². The summed E-state index contributed by atoms with van der Waals surface area (Å²) in [6.07, 6.45) is 0.548. The van der Waals surface area contributed by atoms with Crippen LogP contribution in [-0.2, 0) is 4.74 Å². The second-order valence-electron chi connectivity index (χ2n) is 5.06. The number of alkyl carbamates (subject to hydrolysis) is 1. The van der Waals surface area contributed by atoms with E-state index in [4.69, 9.17) is 5.73 Å². The predicted molar refractivity (Wildman–Crippen MR) is 82.9 cm³/mol. The number of hydrogen-bond acceptors (Lipinski definition) is 4. The number of rotatable bonds is 3. The molecule has 0 spiro atoms. The molecular formula is C14H20BrN3O2. The van der Waals surface area contributed by atoms with Crippen molar-refractivity contribution in [1.29, 1.82) is 0 Å². The minimum absolute atomic E-state index is 0.00532. The number of hydrogen-bond donors (Lipinski definition) is 2. The van der Waals surface area contributed by atoms with E-state index in [1.165, 1.54) is 7.11 Å². The summed E-state index contributed by atoms with van der Waals surface area (Å²) in [6, 6.07) is 6.34. The largest absolute Gasteiger partial charge is 0.453 e. The van der Waals surface area contributed by atoms with Crippen LogP contribution >= 0.6 is 15.9 Å². The first-order valence-electron chi connectivity index (χ1n) is 6.65. The van der Waals surface area contributed by atoms with Gasteiger partial charge in [0.05, 0.1) is 13.2 Å². The SMILES string of the molecule is COC(=O)NC1CCN(c2ccc([C@H](C)N)c(Br)c2)C1. The van der Waals surface area contributed by atoms with Crippen LogP contribution in [0.1, 0.15) is 24.9 Å². The Balaban J connectivity index is 2.03. The summed E-state index contributed by atoms with van der Waals surface area (Å²) in [5.41, 5.74) is 8.13. The van der Waals surface area contributed by atoms with Crippen LogP contribution in [0.2, 0.25) is 0 Å². The summed E-state index contributed by atoms with van der Waals surface area (Å²) < 4.78 is 5.65. The maximum atomic E-state index is 11.2. The molecule has 0 saturated carbocycles. The molecule has 1 aliphatic heterocycles. The molecule has 2 atom stereocenters. The van der Waals surface area contributed by atoms with Crippen molar-refractivity contribution in [1.82, 2.24) is 5.32 Å². The fraction of sp³-hybridized carbons (Fsp3) is 0.500. The Bertz CT molecular complexity index is 493. The highest BCUT2D eigenvalue weighted by Crippen LogP contribution is 2.29. The highest BCUT2D eigenvalue weighted by atomic mass is 79.9. The van der Waals surface area contributed by atoms with Crippen LogP contribution in [0.15, 0.2) is 22.7 Å². The van der Waals surface area contributed by atoms with E-state index in [1.807, 2.05) is 13.0 Å². The van der Waals surface area contributed by atoms with E-state index in [9.17, 15) is 4.79 Å². The van der Waals surface area contributed by atoms with Crippen LogP contribution in [0.3, 0.4) is 0 Å². The van der Waals surface area contributed by atoms with Gasteiger partial charge in [0.15, 0.2) is 0 Å². The molecule has 0 aromatic heterocycles. The lowest BCUT2D eigenvalue weighted by Crippen LogP contribution is -2.36. The smallest absolute Gasteiger partial charge is 0.407 e. The van der Waals surface area contributed by atoms with Crippen molar-refractivity contribution in [2.75, 3.05) is 25.1 Å². The third-order valence-electron chi connectivity index (χ3n) is 3.54. The first-order valence-corrected chi connectivity index (χ1v) is 7.45. The Labute approximate surface area is 127 Å². The van der Waals surface area contributed by atoms with Gasteiger partial charge in [0, 0.05) is 29.3 Å². The minimum Gasteiger partial charge on any atom is -0.453 e. The Morgan fingerprint density at radius 2 is 2.35 bits per heavy atom. The van der Waals surface area contributed by atoms with Crippen LogP contribution < -0.4 is 16.0 Å². The summed E-state index contributed by atoms with van der Waals surface area (Å²) in [6.45, 7) is 3.67. The molecule has 1 saturated heterocycles. The van der Waals surface area contributed by atoms with Crippen molar-refractivity contribution in [3.63, 3.8) is 0 Å². The second kappa shape index (κ2) is 6.45. The second-order valence-corrected chi connectivity index (χ2v) is 5.92. The summed E-state index contributed by atoms with van der Waals surface area (Å²) in [5.74, 6) is 0. The zero-order valence-corrected chi connectivity index (χ0v) is 13.3. The van der Waals surface area contributed by atoms with Crippen LogP contribution in [0, 0.1) is 0 Å². The standard InChI is InChI=1S/C14H20BrN3O2/c1-9(16)12-4-3-11(7-13(12)15)18-6-5-10(8-18)17-14(19)20-2/h3-4,7,9-10H,5-6,8,16H2,1-2H3,(H,17,19)/t9-,10?/m0/s1. The fourth-order valence-electron chi connectivity index (χ4n) is 2.42. The third-order valence-corrected chi connectivity index (χ3v) is 4.22. The highest BCUT2D eigenvalue weighted by Gasteiger charge is 2.24.